The Morgan fingerprint density at radius 1 is 1.04 bits per heavy atom. The smallest absolute Gasteiger partial charge is 0.319 e. The summed E-state index contributed by atoms with van der Waals surface area (Å²) in [4.78, 5) is 25.2. The Balaban J connectivity index is 1.89. The van der Waals surface area contributed by atoms with Crippen LogP contribution in [0.4, 0.5) is 10.5 Å². The van der Waals surface area contributed by atoms with E-state index >= 15 is 0 Å². The molecule has 0 saturated carbocycles. The van der Waals surface area contributed by atoms with Gasteiger partial charge in [-0.25, -0.2) is 4.79 Å². The van der Waals surface area contributed by atoms with Crippen LogP contribution in [-0.2, 0) is 0 Å². The third-order valence-electron chi connectivity index (χ3n) is 4.45. The van der Waals surface area contributed by atoms with Crippen molar-refractivity contribution in [2.24, 2.45) is 0 Å². The number of benzene rings is 2. The number of urea groups is 1. The first-order chi connectivity index (χ1) is 11.1. The summed E-state index contributed by atoms with van der Waals surface area (Å²) in [6.45, 7) is 3.95. The van der Waals surface area contributed by atoms with Crippen molar-refractivity contribution in [3.8, 4) is 0 Å². The second-order valence-corrected chi connectivity index (χ2v) is 5.73. The van der Waals surface area contributed by atoms with Gasteiger partial charge in [0.2, 0.25) is 0 Å². The molecule has 0 bridgehead atoms. The zero-order valence-electron chi connectivity index (χ0n) is 12.3. The number of rotatable bonds is 2. The zero-order chi connectivity index (χ0) is 16.0. The molecule has 23 heavy (non-hydrogen) atoms. The van der Waals surface area contributed by atoms with Crippen LogP contribution in [0.5, 0.6) is 0 Å². The lowest BCUT2D eigenvalue weighted by Gasteiger charge is -2.40. The quantitative estimate of drug-likeness (QED) is 0.747. The average Bonchev–Trinajstić information content (AvgIpc) is 2.91. The highest BCUT2D eigenvalue weighted by molar-refractivity contribution is 6.11. The minimum atomic E-state index is -1.13. The lowest BCUT2D eigenvalue weighted by molar-refractivity contribution is 0.0895. The van der Waals surface area contributed by atoms with E-state index in [9.17, 15) is 9.59 Å². The molecule has 2 aliphatic rings. The summed E-state index contributed by atoms with van der Waals surface area (Å²) in [5.74, 6) is -0.128. The summed E-state index contributed by atoms with van der Waals surface area (Å²) in [5.41, 5.74) is 1.51. The van der Waals surface area contributed by atoms with Gasteiger partial charge in [0, 0.05) is 22.5 Å². The number of hydrogen-bond acceptors (Lipinski definition) is 3. The fourth-order valence-corrected chi connectivity index (χ4v) is 3.36. The number of carbonyl (C=O) groups excluding carboxylic acids is 2. The molecule has 0 aromatic heterocycles. The number of amides is 2. The summed E-state index contributed by atoms with van der Waals surface area (Å²) >= 11 is 0. The Kier molecular flexibility index (Phi) is 2.78. The topological polar surface area (TPSA) is 70.2 Å². The maximum atomic E-state index is 13.3. The summed E-state index contributed by atoms with van der Waals surface area (Å²) in [5, 5.41) is 8.80. The number of Topliss-reactive ketones (excluding diaryl/α,β-unsaturated/α-hetero) is 1. The SMILES string of the molecule is C=C1NC(=O)NC2c3ccccc3NC12C(=O)c1ccccc1. The van der Waals surface area contributed by atoms with Crippen LogP contribution < -0.4 is 16.0 Å². The molecule has 2 aromatic carbocycles. The highest BCUT2D eigenvalue weighted by atomic mass is 16.2. The van der Waals surface area contributed by atoms with E-state index in [4.69, 9.17) is 0 Å². The first kappa shape index (κ1) is 13.6. The van der Waals surface area contributed by atoms with Crippen LogP contribution in [0, 0.1) is 0 Å². The third-order valence-corrected chi connectivity index (χ3v) is 4.45. The van der Waals surface area contributed by atoms with Gasteiger partial charge in [0.05, 0.1) is 6.04 Å². The van der Waals surface area contributed by atoms with Gasteiger partial charge in [0.15, 0.2) is 11.3 Å². The standard InChI is InChI=1S/C18H15N3O2/c1-11-18(16(22)12-7-3-2-4-8-12)15(20-17(23)19-11)13-9-5-6-10-14(13)21-18/h2-10,15,21H,1H2,(H2,19,20,23). The molecule has 2 amide bonds. The molecule has 5 heteroatoms. The van der Waals surface area contributed by atoms with Crippen molar-refractivity contribution in [2.45, 2.75) is 11.6 Å². The second-order valence-electron chi connectivity index (χ2n) is 5.73. The zero-order valence-corrected chi connectivity index (χ0v) is 12.3. The highest BCUT2D eigenvalue weighted by Gasteiger charge is 2.57. The van der Waals surface area contributed by atoms with E-state index in [2.05, 4.69) is 22.5 Å². The molecule has 2 atom stereocenters. The predicted octanol–water partition coefficient (Wildman–Crippen LogP) is 2.60. The Hall–Kier alpha value is -3.08. The van der Waals surface area contributed by atoms with E-state index in [1.54, 1.807) is 12.1 Å². The molecule has 0 radical (unpaired) electrons. The molecule has 1 saturated heterocycles. The van der Waals surface area contributed by atoms with Crippen LogP contribution in [0.2, 0.25) is 0 Å². The minimum Gasteiger partial charge on any atom is -0.365 e. The van der Waals surface area contributed by atoms with Crippen molar-refractivity contribution in [3.63, 3.8) is 0 Å². The molecule has 5 nitrogen and oxygen atoms in total. The average molecular weight is 305 g/mol. The van der Waals surface area contributed by atoms with E-state index in [-0.39, 0.29) is 11.8 Å². The fourth-order valence-electron chi connectivity index (χ4n) is 3.36. The predicted molar refractivity (Wildman–Crippen MR) is 87.1 cm³/mol. The van der Waals surface area contributed by atoms with Crippen molar-refractivity contribution < 1.29 is 9.59 Å². The maximum absolute atomic E-state index is 13.3. The molecule has 0 aliphatic carbocycles. The largest absolute Gasteiger partial charge is 0.365 e. The first-order valence-electron chi connectivity index (χ1n) is 7.37. The van der Waals surface area contributed by atoms with Gasteiger partial charge in [-0.15, -0.1) is 0 Å². The molecular formula is C18H15N3O2. The number of para-hydroxylation sites is 1. The van der Waals surface area contributed by atoms with Gasteiger partial charge in [-0.05, 0) is 6.07 Å². The molecular weight excluding hydrogens is 290 g/mol. The fraction of sp³-hybridized carbons (Fsp3) is 0.111. The molecule has 2 aromatic rings. The van der Waals surface area contributed by atoms with E-state index < -0.39 is 11.6 Å². The molecule has 0 spiro atoms. The van der Waals surface area contributed by atoms with Gasteiger partial charge in [-0.2, -0.15) is 0 Å². The number of ketones is 1. The number of fused-ring (bicyclic) bond motifs is 3. The lowest BCUT2D eigenvalue weighted by atomic mass is 9.78. The lowest BCUT2D eigenvalue weighted by Crippen LogP contribution is -2.63. The number of hydrogen-bond donors (Lipinski definition) is 3. The van der Waals surface area contributed by atoms with Gasteiger partial charge in [-0.1, -0.05) is 55.1 Å². The minimum absolute atomic E-state index is 0.128. The van der Waals surface area contributed by atoms with Gasteiger partial charge in [0.1, 0.15) is 0 Å². The maximum Gasteiger partial charge on any atom is 0.319 e. The summed E-state index contributed by atoms with van der Waals surface area (Å²) in [7, 11) is 0. The van der Waals surface area contributed by atoms with Gasteiger partial charge in [0.25, 0.3) is 0 Å². The van der Waals surface area contributed by atoms with Crippen LogP contribution >= 0.6 is 0 Å². The van der Waals surface area contributed by atoms with Crippen LogP contribution in [0.15, 0.2) is 66.9 Å². The number of carbonyl (C=O) groups is 2. The van der Waals surface area contributed by atoms with Crippen molar-refractivity contribution in [3.05, 3.63) is 78.0 Å². The second kappa shape index (κ2) is 4.71. The van der Waals surface area contributed by atoms with Crippen molar-refractivity contribution >= 4 is 17.5 Å². The first-order valence-corrected chi connectivity index (χ1v) is 7.37. The van der Waals surface area contributed by atoms with Crippen molar-refractivity contribution in [2.75, 3.05) is 5.32 Å². The number of anilines is 1. The Morgan fingerprint density at radius 3 is 2.52 bits per heavy atom. The van der Waals surface area contributed by atoms with Gasteiger partial charge in [-0.3, -0.25) is 4.79 Å². The van der Waals surface area contributed by atoms with Gasteiger partial charge >= 0.3 is 6.03 Å². The molecule has 114 valence electrons. The van der Waals surface area contributed by atoms with E-state index in [0.717, 1.165) is 11.3 Å². The monoisotopic (exact) mass is 305 g/mol. The van der Waals surface area contributed by atoms with Crippen LogP contribution in [0.1, 0.15) is 22.0 Å². The van der Waals surface area contributed by atoms with E-state index in [1.165, 1.54) is 0 Å². The number of nitrogens with one attached hydrogen (secondary N) is 3. The molecule has 2 unspecified atom stereocenters. The molecule has 4 rings (SSSR count). The molecule has 1 fully saturated rings. The highest BCUT2D eigenvalue weighted by Crippen LogP contribution is 2.47. The Bertz CT molecular complexity index is 831. The van der Waals surface area contributed by atoms with Gasteiger partial charge < -0.3 is 16.0 Å². The third kappa shape index (κ3) is 1.80. The van der Waals surface area contributed by atoms with Crippen LogP contribution in [0.25, 0.3) is 0 Å². The molecule has 2 aliphatic heterocycles. The van der Waals surface area contributed by atoms with Crippen LogP contribution in [-0.4, -0.2) is 17.4 Å². The molecule has 2 heterocycles. The normalized spacial score (nSPS) is 24.8. The van der Waals surface area contributed by atoms with Crippen LogP contribution in [0.3, 0.4) is 0 Å². The summed E-state index contributed by atoms with van der Waals surface area (Å²) in [6.07, 6.45) is 0. The van der Waals surface area contributed by atoms with E-state index in [1.807, 2.05) is 42.5 Å². The van der Waals surface area contributed by atoms with Crippen molar-refractivity contribution in [1.82, 2.24) is 10.6 Å². The Labute approximate surface area is 133 Å². The summed E-state index contributed by atoms with van der Waals surface area (Å²) < 4.78 is 0. The summed E-state index contributed by atoms with van der Waals surface area (Å²) in [6, 6.07) is 15.8. The van der Waals surface area contributed by atoms with Crippen molar-refractivity contribution in [1.29, 1.82) is 0 Å². The Morgan fingerprint density at radius 2 is 1.74 bits per heavy atom. The molecule has 3 N–H and O–H groups in total. The van der Waals surface area contributed by atoms with E-state index in [0.29, 0.717) is 11.3 Å².